The lowest BCUT2D eigenvalue weighted by molar-refractivity contribution is -0.134. The average Bonchev–Trinajstić information content (AvgIpc) is 2.37. The number of aromatic nitrogens is 2. The van der Waals surface area contributed by atoms with E-state index < -0.39 is 5.97 Å². The Morgan fingerprint density at radius 2 is 2.00 bits per heavy atom. The van der Waals surface area contributed by atoms with Crippen LogP contribution in [-0.2, 0) is 4.79 Å². The van der Waals surface area contributed by atoms with Crippen molar-refractivity contribution in [3.8, 4) is 11.3 Å². The van der Waals surface area contributed by atoms with Crippen LogP contribution in [0.5, 0.6) is 0 Å². The predicted molar refractivity (Wildman–Crippen MR) is 68.3 cm³/mol. The number of carboxylic acids is 1. The van der Waals surface area contributed by atoms with E-state index in [0.29, 0.717) is 5.82 Å². The lowest BCUT2D eigenvalue weighted by atomic mass is 10.1. The SMILES string of the molecule is Cc1ccc(-c2cc(NCC(=O)O)ncn2)cc1. The zero-order valence-corrected chi connectivity index (χ0v) is 9.92. The summed E-state index contributed by atoms with van der Waals surface area (Å²) < 4.78 is 0. The molecule has 1 aromatic heterocycles. The number of hydrogen-bond acceptors (Lipinski definition) is 4. The average molecular weight is 243 g/mol. The van der Waals surface area contributed by atoms with Crippen molar-refractivity contribution in [1.29, 1.82) is 0 Å². The smallest absolute Gasteiger partial charge is 0.322 e. The van der Waals surface area contributed by atoms with Crippen LogP contribution in [-0.4, -0.2) is 27.6 Å². The Morgan fingerprint density at radius 3 is 2.67 bits per heavy atom. The van der Waals surface area contributed by atoms with Gasteiger partial charge in [0.05, 0.1) is 5.69 Å². The monoisotopic (exact) mass is 243 g/mol. The summed E-state index contributed by atoms with van der Waals surface area (Å²) in [4.78, 5) is 18.6. The number of nitrogens with zero attached hydrogens (tertiary/aromatic N) is 2. The lowest BCUT2D eigenvalue weighted by Gasteiger charge is -2.05. The summed E-state index contributed by atoms with van der Waals surface area (Å²) in [5.41, 5.74) is 2.91. The molecule has 0 spiro atoms. The molecule has 1 heterocycles. The summed E-state index contributed by atoms with van der Waals surface area (Å²) in [5.74, 6) is -0.423. The van der Waals surface area contributed by atoms with E-state index in [0.717, 1.165) is 11.3 Å². The standard InChI is InChI=1S/C13H13N3O2/c1-9-2-4-10(5-3-9)11-6-12(16-8-15-11)14-7-13(17)18/h2-6,8H,7H2,1H3,(H,17,18)(H,14,15,16). The lowest BCUT2D eigenvalue weighted by Crippen LogP contribution is -2.13. The molecule has 0 fully saturated rings. The molecule has 0 radical (unpaired) electrons. The van der Waals surface area contributed by atoms with Gasteiger partial charge in [-0.1, -0.05) is 29.8 Å². The van der Waals surface area contributed by atoms with E-state index in [-0.39, 0.29) is 6.54 Å². The minimum atomic E-state index is -0.925. The van der Waals surface area contributed by atoms with Gasteiger partial charge in [0.2, 0.25) is 0 Å². The maximum Gasteiger partial charge on any atom is 0.322 e. The normalized spacial score (nSPS) is 10.1. The van der Waals surface area contributed by atoms with E-state index in [9.17, 15) is 4.79 Å². The van der Waals surface area contributed by atoms with Crippen molar-refractivity contribution >= 4 is 11.8 Å². The Balaban J connectivity index is 2.21. The second-order valence-corrected chi connectivity index (χ2v) is 3.90. The first kappa shape index (κ1) is 12.0. The molecule has 0 aliphatic rings. The van der Waals surface area contributed by atoms with Gasteiger partial charge < -0.3 is 10.4 Å². The topological polar surface area (TPSA) is 75.1 Å². The maximum atomic E-state index is 10.5. The van der Waals surface area contributed by atoms with Gasteiger partial charge in [-0.2, -0.15) is 0 Å². The summed E-state index contributed by atoms with van der Waals surface area (Å²) in [6, 6.07) is 9.68. The summed E-state index contributed by atoms with van der Waals surface area (Å²) in [6.45, 7) is 1.86. The molecule has 0 aliphatic carbocycles. The molecule has 2 aromatic rings. The van der Waals surface area contributed by atoms with Crippen LogP contribution in [0.3, 0.4) is 0 Å². The van der Waals surface area contributed by atoms with Gasteiger partial charge in [-0.3, -0.25) is 4.79 Å². The molecule has 2 rings (SSSR count). The number of aliphatic carboxylic acids is 1. The van der Waals surface area contributed by atoms with Crippen molar-refractivity contribution in [2.45, 2.75) is 6.92 Å². The van der Waals surface area contributed by atoms with Crippen LogP contribution in [0.1, 0.15) is 5.56 Å². The van der Waals surface area contributed by atoms with Crippen molar-refractivity contribution in [1.82, 2.24) is 9.97 Å². The van der Waals surface area contributed by atoms with E-state index in [4.69, 9.17) is 5.11 Å². The van der Waals surface area contributed by atoms with Crippen molar-refractivity contribution in [3.63, 3.8) is 0 Å². The molecular formula is C13H13N3O2. The quantitative estimate of drug-likeness (QED) is 0.858. The summed E-state index contributed by atoms with van der Waals surface area (Å²) in [5, 5.41) is 11.3. The minimum Gasteiger partial charge on any atom is -0.480 e. The van der Waals surface area contributed by atoms with E-state index in [1.165, 1.54) is 11.9 Å². The maximum absolute atomic E-state index is 10.5. The third-order valence-corrected chi connectivity index (χ3v) is 2.44. The fourth-order valence-electron chi connectivity index (χ4n) is 1.50. The minimum absolute atomic E-state index is 0.162. The van der Waals surface area contributed by atoms with E-state index >= 15 is 0 Å². The molecule has 0 atom stereocenters. The molecule has 5 nitrogen and oxygen atoms in total. The predicted octanol–water partition coefficient (Wildman–Crippen LogP) is 1.95. The Bertz CT molecular complexity index is 552. The van der Waals surface area contributed by atoms with Gasteiger partial charge in [0, 0.05) is 11.6 Å². The van der Waals surface area contributed by atoms with Crippen LogP contribution in [0.15, 0.2) is 36.7 Å². The highest BCUT2D eigenvalue weighted by Crippen LogP contribution is 2.18. The van der Waals surface area contributed by atoms with Crippen LogP contribution in [0.25, 0.3) is 11.3 Å². The summed E-state index contributed by atoms with van der Waals surface area (Å²) in [6.07, 6.45) is 1.42. The Hall–Kier alpha value is -2.43. The van der Waals surface area contributed by atoms with Gasteiger partial charge in [-0.05, 0) is 6.92 Å². The second kappa shape index (κ2) is 5.27. The summed E-state index contributed by atoms with van der Waals surface area (Å²) >= 11 is 0. The Kier molecular flexibility index (Phi) is 3.52. The largest absolute Gasteiger partial charge is 0.480 e. The van der Waals surface area contributed by atoms with Gasteiger partial charge in [-0.25, -0.2) is 9.97 Å². The van der Waals surface area contributed by atoms with Gasteiger partial charge in [0.25, 0.3) is 0 Å². The zero-order valence-electron chi connectivity index (χ0n) is 9.92. The van der Waals surface area contributed by atoms with E-state index in [1.807, 2.05) is 31.2 Å². The number of hydrogen-bond donors (Lipinski definition) is 2. The number of rotatable bonds is 4. The van der Waals surface area contributed by atoms with Crippen molar-refractivity contribution in [2.24, 2.45) is 0 Å². The third-order valence-electron chi connectivity index (χ3n) is 2.44. The zero-order chi connectivity index (χ0) is 13.0. The van der Waals surface area contributed by atoms with Crippen LogP contribution >= 0.6 is 0 Å². The number of carboxylic acid groups (broad SMARTS) is 1. The molecule has 0 amide bonds. The summed E-state index contributed by atoms with van der Waals surface area (Å²) in [7, 11) is 0. The van der Waals surface area contributed by atoms with Crippen molar-refractivity contribution in [2.75, 3.05) is 11.9 Å². The Labute approximate surface area is 105 Å². The van der Waals surface area contributed by atoms with Crippen molar-refractivity contribution in [3.05, 3.63) is 42.2 Å². The molecular weight excluding hydrogens is 230 g/mol. The van der Waals surface area contributed by atoms with Crippen LogP contribution in [0, 0.1) is 6.92 Å². The fraction of sp³-hybridized carbons (Fsp3) is 0.154. The fourth-order valence-corrected chi connectivity index (χ4v) is 1.50. The number of anilines is 1. The van der Waals surface area contributed by atoms with Gasteiger partial charge in [0.15, 0.2) is 0 Å². The molecule has 0 bridgehead atoms. The van der Waals surface area contributed by atoms with E-state index in [2.05, 4.69) is 15.3 Å². The van der Waals surface area contributed by atoms with Gasteiger partial charge in [0.1, 0.15) is 18.7 Å². The molecule has 1 aromatic carbocycles. The highest BCUT2D eigenvalue weighted by molar-refractivity contribution is 5.72. The molecule has 5 heteroatoms. The Morgan fingerprint density at radius 1 is 1.28 bits per heavy atom. The molecule has 0 saturated heterocycles. The molecule has 2 N–H and O–H groups in total. The second-order valence-electron chi connectivity index (χ2n) is 3.90. The molecule has 0 unspecified atom stereocenters. The molecule has 18 heavy (non-hydrogen) atoms. The number of aryl methyl sites for hydroxylation is 1. The number of carbonyl (C=O) groups is 1. The number of nitrogens with one attached hydrogen (secondary N) is 1. The third kappa shape index (κ3) is 3.04. The highest BCUT2D eigenvalue weighted by atomic mass is 16.4. The van der Waals surface area contributed by atoms with Crippen LogP contribution in [0.2, 0.25) is 0 Å². The highest BCUT2D eigenvalue weighted by Gasteiger charge is 2.03. The van der Waals surface area contributed by atoms with Crippen LogP contribution < -0.4 is 5.32 Å². The number of benzene rings is 1. The van der Waals surface area contributed by atoms with Gasteiger partial charge in [-0.15, -0.1) is 0 Å². The first-order valence-corrected chi connectivity index (χ1v) is 5.50. The van der Waals surface area contributed by atoms with Crippen molar-refractivity contribution < 1.29 is 9.90 Å². The van der Waals surface area contributed by atoms with Crippen LogP contribution in [0.4, 0.5) is 5.82 Å². The molecule has 0 saturated carbocycles. The molecule has 0 aliphatic heterocycles. The first-order chi connectivity index (χ1) is 8.65. The van der Waals surface area contributed by atoms with Gasteiger partial charge >= 0.3 is 5.97 Å². The first-order valence-electron chi connectivity index (χ1n) is 5.50. The molecule has 92 valence electrons. The van der Waals surface area contributed by atoms with E-state index in [1.54, 1.807) is 6.07 Å².